The third-order valence-electron chi connectivity index (χ3n) is 3.45. The third-order valence-corrected chi connectivity index (χ3v) is 3.64. The fourth-order valence-electron chi connectivity index (χ4n) is 2.52. The molecule has 4 heteroatoms. The molecule has 0 amide bonds. The zero-order valence-corrected chi connectivity index (χ0v) is 10.5. The smallest absolute Gasteiger partial charge is 0.255 e. The number of aryl methyl sites for hydroxylation is 1. The Hall–Kier alpha value is -0.830. The summed E-state index contributed by atoms with van der Waals surface area (Å²) in [7, 11) is 0. The Kier molecular flexibility index (Phi) is 3.33. The van der Waals surface area contributed by atoms with Gasteiger partial charge in [-0.05, 0) is 38.5 Å². The lowest BCUT2D eigenvalue weighted by Crippen LogP contribution is -2.29. The molecule has 1 aliphatic rings. The fourth-order valence-corrected chi connectivity index (χ4v) is 2.73. The first-order chi connectivity index (χ1) is 7.58. The Balaban J connectivity index is 2.30. The van der Waals surface area contributed by atoms with Crippen LogP contribution in [0.25, 0.3) is 0 Å². The minimum Gasteiger partial charge on any atom is -0.294 e. The summed E-state index contributed by atoms with van der Waals surface area (Å²) in [6.07, 6.45) is 4.54. The van der Waals surface area contributed by atoms with E-state index in [4.69, 9.17) is 11.6 Å². The average molecular weight is 241 g/mol. The minimum absolute atomic E-state index is 0.0166. The lowest BCUT2D eigenvalue weighted by atomic mass is 9.87. The van der Waals surface area contributed by atoms with Gasteiger partial charge < -0.3 is 0 Å². The first-order valence-corrected chi connectivity index (χ1v) is 6.21. The van der Waals surface area contributed by atoms with Crippen LogP contribution in [0.5, 0.6) is 0 Å². The maximum atomic E-state index is 11.9. The summed E-state index contributed by atoms with van der Waals surface area (Å²) in [5.41, 5.74) is -0.0166. The van der Waals surface area contributed by atoms with E-state index >= 15 is 0 Å². The summed E-state index contributed by atoms with van der Waals surface area (Å²) in [5.74, 6) is 1.52. The van der Waals surface area contributed by atoms with E-state index in [0.717, 1.165) is 24.6 Å². The molecule has 1 aromatic rings. The van der Waals surface area contributed by atoms with Gasteiger partial charge in [-0.3, -0.25) is 9.36 Å². The summed E-state index contributed by atoms with van der Waals surface area (Å²) in [5, 5.41) is 0.294. The molecule has 0 saturated heterocycles. The number of halogens is 1. The van der Waals surface area contributed by atoms with Gasteiger partial charge in [0.2, 0.25) is 0 Å². The van der Waals surface area contributed by atoms with E-state index in [9.17, 15) is 4.79 Å². The lowest BCUT2D eigenvalue weighted by Gasteiger charge is -2.28. The molecular weight excluding hydrogens is 224 g/mol. The first-order valence-electron chi connectivity index (χ1n) is 5.83. The van der Waals surface area contributed by atoms with E-state index in [1.54, 1.807) is 4.57 Å². The number of hydrogen-bond acceptors (Lipinski definition) is 2. The SMILES string of the molecule is Cc1nc(Cl)cc(=O)n1C1CCC(C)CC1. The highest BCUT2D eigenvalue weighted by atomic mass is 35.5. The number of nitrogens with zero attached hydrogens (tertiary/aromatic N) is 2. The van der Waals surface area contributed by atoms with Crippen molar-refractivity contribution in [3.8, 4) is 0 Å². The topological polar surface area (TPSA) is 34.9 Å². The second-order valence-electron chi connectivity index (χ2n) is 4.75. The van der Waals surface area contributed by atoms with Crippen LogP contribution in [0.1, 0.15) is 44.5 Å². The molecule has 0 N–H and O–H groups in total. The van der Waals surface area contributed by atoms with E-state index < -0.39 is 0 Å². The highest BCUT2D eigenvalue weighted by molar-refractivity contribution is 6.29. The molecule has 2 rings (SSSR count). The highest BCUT2D eigenvalue weighted by Gasteiger charge is 2.21. The number of rotatable bonds is 1. The third kappa shape index (κ3) is 2.29. The first kappa shape index (κ1) is 11.6. The molecule has 0 unspecified atom stereocenters. The average Bonchev–Trinajstić information content (AvgIpc) is 2.19. The molecule has 1 aromatic heterocycles. The summed E-state index contributed by atoms with van der Waals surface area (Å²) < 4.78 is 1.80. The Labute approximate surface area is 100 Å². The highest BCUT2D eigenvalue weighted by Crippen LogP contribution is 2.31. The van der Waals surface area contributed by atoms with E-state index in [1.807, 2.05) is 6.92 Å². The van der Waals surface area contributed by atoms with Crippen molar-refractivity contribution < 1.29 is 0 Å². The van der Waals surface area contributed by atoms with Crippen molar-refractivity contribution in [2.45, 2.75) is 45.6 Å². The van der Waals surface area contributed by atoms with Crippen LogP contribution in [0.15, 0.2) is 10.9 Å². The molecule has 88 valence electrons. The quantitative estimate of drug-likeness (QED) is 0.708. The molecule has 3 nitrogen and oxygen atoms in total. The minimum atomic E-state index is -0.0166. The molecule has 1 fully saturated rings. The lowest BCUT2D eigenvalue weighted by molar-refractivity contribution is 0.280. The van der Waals surface area contributed by atoms with E-state index in [0.29, 0.717) is 11.2 Å². The van der Waals surface area contributed by atoms with Crippen molar-refractivity contribution in [2.75, 3.05) is 0 Å². The molecule has 1 aliphatic carbocycles. The van der Waals surface area contributed by atoms with Crippen LogP contribution in [0.2, 0.25) is 5.15 Å². The predicted molar refractivity (Wildman–Crippen MR) is 64.9 cm³/mol. The van der Waals surface area contributed by atoms with Crippen molar-refractivity contribution in [3.05, 3.63) is 27.4 Å². The molecule has 0 atom stereocenters. The Morgan fingerprint density at radius 1 is 1.38 bits per heavy atom. The fraction of sp³-hybridized carbons (Fsp3) is 0.667. The molecule has 0 spiro atoms. The second kappa shape index (κ2) is 4.58. The molecule has 0 bridgehead atoms. The van der Waals surface area contributed by atoms with E-state index in [-0.39, 0.29) is 5.56 Å². The zero-order chi connectivity index (χ0) is 11.7. The van der Waals surface area contributed by atoms with Crippen molar-refractivity contribution in [1.82, 2.24) is 9.55 Å². The van der Waals surface area contributed by atoms with Gasteiger partial charge in [-0.1, -0.05) is 18.5 Å². The van der Waals surface area contributed by atoms with E-state index in [2.05, 4.69) is 11.9 Å². The summed E-state index contributed by atoms with van der Waals surface area (Å²) in [4.78, 5) is 16.0. The van der Waals surface area contributed by atoms with Crippen LogP contribution in [0.4, 0.5) is 0 Å². The summed E-state index contributed by atoms with van der Waals surface area (Å²) >= 11 is 5.76. The van der Waals surface area contributed by atoms with Gasteiger partial charge >= 0.3 is 0 Å². The van der Waals surface area contributed by atoms with Crippen molar-refractivity contribution >= 4 is 11.6 Å². The van der Waals surface area contributed by atoms with Gasteiger partial charge in [0.25, 0.3) is 5.56 Å². The molecule has 0 radical (unpaired) electrons. The maximum Gasteiger partial charge on any atom is 0.255 e. The van der Waals surface area contributed by atoms with Gasteiger partial charge in [-0.25, -0.2) is 4.98 Å². The second-order valence-corrected chi connectivity index (χ2v) is 5.14. The van der Waals surface area contributed by atoms with Crippen LogP contribution in [-0.4, -0.2) is 9.55 Å². The standard InChI is InChI=1S/C12H17ClN2O/c1-8-3-5-10(6-4-8)15-9(2)14-11(13)7-12(15)16/h7-8,10H,3-6H2,1-2H3. The number of hydrogen-bond donors (Lipinski definition) is 0. The maximum absolute atomic E-state index is 11.9. The van der Waals surface area contributed by atoms with E-state index in [1.165, 1.54) is 18.9 Å². The summed E-state index contributed by atoms with van der Waals surface area (Å²) in [6.45, 7) is 4.12. The Bertz CT molecular complexity index is 433. The van der Waals surface area contributed by atoms with Gasteiger partial charge in [0.1, 0.15) is 11.0 Å². The molecule has 1 saturated carbocycles. The van der Waals surface area contributed by atoms with Gasteiger partial charge in [0.05, 0.1) is 0 Å². The Morgan fingerprint density at radius 3 is 2.56 bits per heavy atom. The van der Waals surface area contributed by atoms with Gasteiger partial charge in [-0.15, -0.1) is 0 Å². The monoisotopic (exact) mass is 240 g/mol. The molecule has 0 aromatic carbocycles. The van der Waals surface area contributed by atoms with Crippen LogP contribution in [0, 0.1) is 12.8 Å². The van der Waals surface area contributed by atoms with Crippen LogP contribution in [-0.2, 0) is 0 Å². The van der Waals surface area contributed by atoms with Gasteiger partial charge in [-0.2, -0.15) is 0 Å². The van der Waals surface area contributed by atoms with Crippen molar-refractivity contribution in [2.24, 2.45) is 5.92 Å². The van der Waals surface area contributed by atoms with Crippen molar-refractivity contribution in [3.63, 3.8) is 0 Å². The van der Waals surface area contributed by atoms with Crippen LogP contribution in [0.3, 0.4) is 0 Å². The number of aromatic nitrogens is 2. The van der Waals surface area contributed by atoms with Crippen LogP contribution >= 0.6 is 11.6 Å². The normalized spacial score (nSPS) is 25.7. The molecule has 1 heterocycles. The summed E-state index contributed by atoms with van der Waals surface area (Å²) in [6, 6.07) is 1.72. The molecule has 0 aliphatic heterocycles. The van der Waals surface area contributed by atoms with Crippen molar-refractivity contribution in [1.29, 1.82) is 0 Å². The van der Waals surface area contributed by atoms with Crippen LogP contribution < -0.4 is 5.56 Å². The largest absolute Gasteiger partial charge is 0.294 e. The van der Waals surface area contributed by atoms with Gasteiger partial charge in [0.15, 0.2) is 0 Å². The Morgan fingerprint density at radius 2 is 2.00 bits per heavy atom. The molecule has 16 heavy (non-hydrogen) atoms. The predicted octanol–water partition coefficient (Wildman–Crippen LogP) is 2.96. The molecular formula is C12H17ClN2O. The van der Waals surface area contributed by atoms with Gasteiger partial charge in [0, 0.05) is 12.1 Å². The zero-order valence-electron chi connectivity index (χ0n) is 9.74.